The van der Waals surface area contributed by atoms with Crippen LogP contribution in [-0.2, 0) is 20.0 Å². The van der Waals surface area contributed by atoms with Gasteiger partial charge in [0, 0.05) is 16.9 Å². The van der Waals surface area contributed by atoms with Gasteiger partial charge in [0.1, 0.15) is 5.75 Å². The van der Waals surface area contributed by atoms with E-state index in [-0.39, 0.29) is 6.35 Å². The monoisotopic (exact) mass is 381 g/mol. The summed E-state index contributed by atoms with van der Waals surface area (Å²) in [5, 5.41) is 0. The zero-order valence-electron chi connectivity index (χ0n) is 15.1. The smallest absolute Gasteiger partial charge is 0.367 e. The van der Waals surface area contributed by atoms with Gasteiger partial charge in [0.25, 0.3) is 0 Å². The van der Waals surface area contributed by atoms with Gasteiger partial charge in [0.2, 0.25) is 0 Å². The minimum Gasteiger partial charge on any atom is -0.480 e. The summed E-state index contributed by atoms with van der Waals surface area (Å²) < 4.78 is 29.3. The van der Waals surface area contributed by atoms with Crippen molar-refractivity contribution in [1.82, 2.24) is 4.98 Å². The highest BCUT2D eigenvalue weighted by atomic mass is 32.1. The molecule has 0 bridgehead atoms. The fourth-order valence-corrected chi connectivity index (χ4v) is 5.25. The average Bonchev–Trinajstić information content (AvgIpc) is 3.13. The summed E-state index contributed by atoms with van der Waals surface area (Å²) in [6.45, 7) is 8.61. The van der Waals surface area contributed by atoms with Crippen LogP contribution in [0.2, 0.25) is 0 Å². The molecule has 0 spiro atoms. The lowest BCUT2D eigenvalue weighted by Gasteiger charge is -2.20. The van der Waals surface area contributed by atoms with E-state index in [0.29, 0.717) is 24.9 Å². The van der Waals surface area contributed by atoms with Gasteiger partial charge in [-0.15, -0.1) is 11.3 Å². The maximum Gasteiger partial charge on any atom is 0.367 e. The molecule has 7 heteroatoms. The van der Waals surface area contributed by atoms with Crippen molar-refractivity contribution in [3.8, 4) is 17.0 Å². The van der Waals surface area contributed by atoms with Crippen LogP contribution in [0.15, 0.2) is 17.6 Å². The number of hydrogen-bond acceptors (Lipinski definition) is 6. The van der Waals surface area contributed by atoms with Crippen LogP contribution in [0.25, 0.3) is 11.3 Å². The molecule has 0 unspecified atom stereocenters. The Morgan fingerprint density at radius 3 is 2.60 bits per heavy atom. The molecule has 1 aliphatic rings. The standard InChI is InChI=1S/C18H24NO4PS/c1-5-22-24(20,23-6-2)11-21-15-8-7-13(12(3)4)14-9-16-18(17(14)15)19-10-25-16/h7-8,10,12H,5-6,9,11H2,1-4H3. The maximum atomic E-state index is 12.7. The number of ether oxygens (including phenoxy) is 1. The first-order chi connectivity index (χ1) is 12.0. The third-order valence-corrected chi connectivity index (χ3v) is 6.76. The number of benzene rings is 1. The van der Waals surface area contributed by atoms with Crippen LogP contribution >= 0.6 is 18.9 Å². The Kier molecular flexibility index (Phi) is 5.64. The van der Waals surface area contributed by atoms with E-state index in [9.17, 15) is 4.57 Å². The van der Waals surface area contributed by atoms with E-state index in [0.717, 1.165) is 17.7 Å². The molecule has 1 heterocycles. The molecular weight excluding hydrogens is 357 g/mol. The third-order valence-electron chi connectivity index (χ3n) is 4.18. The number of thiazole rings is 1. The van der Waals surface area contributed by atoms with Gasteiger partial charge < -0.3 is 13.8 Å². The van der Waals surface area contributed by atoms with Crippen molar-refractivity contribution >= 4 is 18.9 Å². The largest absolute Gasteiger partial charge is 0.480 e. The van der Waals surface area contributed by atoms with Gasteiger partial charge in [0.05, 0.1) is 24.4 Å². The number of fused-ring (bicyclic) bond motifs is 3. The highest BCUT2D eigenvalue weighted by molar-refractivity contribution is 7.53. The zero-order valence-corrected chi connectivity index (χ0v) is 16.8. The second-order valence-electron chi connectivity index (χ2n) is 6.18. The minimum absolute atomic E-state index is 0.0956. The van der Waals surface area contributed by atoms with Crippen molar-refractivity contribution in [3.63, 3.8) is 0 Å². The van der Waals surface area contributed by atoms with Crippen LogP contribution in [0.1, 0.15) is 49.6 Å². The normalized spacial score (nSPS) is 13.2. The van der Waals surface area contributed by atoms with E-state index in [4.69, 9.17) is 13.8 Å². The van der Waals surface area contributed by atoms with Crippen LogP contribution in [0.4, 0.5) is 0 Å². The second kappa shape index (κ2) is 7.58. The fraction of sp³-hybridized carbons (Fsp3) is 0.500. The lowest BCUT2D eigenvalue weighted by Crippen LogP contribution is -2.07. The summed E-state index contributed by atoms with van der Waals surface area (Å²) in [5.41, 5.74) is 6.46. The summed E-state index contributed by atoms with van der Waals surface area (Å²) in [6.07, 6.45) is 0.788. The van der Waals surface area contributed by atoms with Gasteiger partial charge in [0.15, 0.2) is 6.35 Å². The number of nitrogens with zero attached hydrogens (tertiary/aromatic N) is 1. The lowest BCUT2D eigenvalue weighted by atomic mass is 9.93. The first-order valence-corrected chi connectivity index (χ1v) is 11.2. The van der Waals surface area contributed by atoms with Crippen molar-refractivity contribution in [1.29, 1.82) is 0 Å². The molecule has 25 heavy (non-hydrogen) atoms. The molecule has 0 atom stereocenters. The summed E-state index contributed by atoms with van der Waals surface area (Å²) in [5.74, 6) is 1.12. The molecule has 1 aliphatic carbocycles. The van der Waals surface area contributed by atoms with Gasteiger partial charge in [-0.05, 0) is 37.0 Å². The molecule has 136 valence electrons. The number of rotatable bonds is 8. The van der Waals surface area contributed by atoms with Crippen LogP contribution in [0.3, 0.4) is 0 Å². The van der Waals surface area contributed by atoms with Gasteiger partial charge in [-0.2, -0.15) is 0 Å². The predicted molar refractivity (Wildman–Crippen MR) is 101 cm³/mol. The molecule has 3 rings (SSSR count). The predicted octanol–water partition coefficient (Wildman–Crippen LogP) is 5.44. The van der Waals surface area contributed by atoms with E-state index in [1.54, 1.807) is 25.2 Å². The van der Waals surface area contributed by atoms with Crippen LogP contribution in [0, 0.1) is 0 Å². The lowest BCUT2D eigenvalue weighted by molar-refractivity contribution is 0.197. The summed E-state index contributed by atoms with van der Waals surface area (Å²) in [7, 11) is -3.25. The molecule has 0 saturated carbocycles. The molecule has 1 aromatic carbocycles. The Bertz CT molecular complexity index is 792. The van der Waals surface area contributed by atoms with Crippen molar-refractivity contribution < 1.29 is 18.3 Å². The van der Waals surface area contributed by atoms with Crippen molar-refractivity contribution in [2.45, 2.75) is 40.0 Å². The Labute approximate surface area is 152 Å². The van der Waals surface area contributed by atoms with Crippen LogP contribution in [0.5, 0.6) is 5.75 Å². The molecule has 2 aromatic rings. The Morgan fingerprint density at radius 2 is 1.96 bits per heavy atom. The molecule has 0 amide bonds. The first kappa shape index (κ1) is 18.6. The average molecular weight is 381 g/mol. The SMILES string of the molecule is CCOP(=O)(COc1ccc(C(C)C)c2c1-c1ncsc1C2)OCC. The molecule has 1 aromatic heterocycles. The van der Waals surface area contributed by atoms with Gasteiger partial charge in [-0.3, -0.25) is 4.57 Å². The minimum atomic E-state index is -3.25. The van der Waals surface area contributed by atoms with E-state index in [1.165, 1.54) is 16.0 Å². The summed E-state index contributed by atoms with van der Waals surface area (Å²) >= 11 is 1.67. The molecule has 0 saturated heterocycles. The Hall–Kier alpha value is -1.20. The molecular formula is C18H24NO4PS. The van der Waals surface area contributed by atoms with Crippen molar-refractivity contribution in [2.24, 2.45) is 0 Å². The van der Waals surface area contributed by atoms with E-state index >= 15 is 0 Å². The Balaban J connectivity index is 1.94. The molecule has 0 fully saturated rings. The number of hydrogen-bond donors (Lipinski definition) is 0. The fourth-order valence-electron chi connectivity index (χ4n) is 3.17. The summed E-state index contributed by atoms with van der Waals surface area (Å²) in [6, 6.07) is 4.05. The van der Waals surface area contributed by atoms with Gasteiger partial charge in [-0.1, -0.05) is 19.9 Å². The van der Waals surface area contributed by atoms with E-state index < -0.39 is 7.60 Å². The quantitative estimate of drug-likeness (QED) is 0.486. The first-order valence-electron chi connectivity index (χ1n) is 8.58. The zero-order chi connectivity index (χ0) is 18.0. The number of aromatic nitrogens is 1. The maximum absolute atomic E-state index is 12.7. The van der Waals surface area contributed by atoms with Crippen molar-refractivity contribution in [2.75, 3.05) is 19.6 Å². The highest BCUT2D eigenvalue weighted by Gasteiger charge is 2.30. The molecule has 0 N–H and O–H groups in total. The van der Waals surface area contributed by atoms with E-state index in [2.05, 4.69) is 24.9 Å². The van der Waals surface area contributed by atoms with Crippen molar-refractivity contribution in [3.05, 3.63) is 33.6 Å². The Morgan fingerprint density at radius 1 is 1.24 bits per heavy atom. The van der Waals surface area contributed by atoms with Gasteiger partial charge in [-0.25, -0.2) is 4.98 Å². The van der Waals surface area contributed by atoms with E-state index in [1.807, 2.05) is 11.6 Å². The molecule has 5 nitrogen and oxygen atoms in total. The van der Waals surface area contributed by atoms with Crippen LogP contribution < -0.4 is 4.74 Å². The topological polar surface area (TPSA) is 57.7 Å². The molecule has 0 aliphatic heterocycles. The van der Waals surface area contributed by atoms with Gasteiger partial charge >= 0.3 is 7.60 Å². The third kappa shape index (κ3) is 3.68. The van der Waals surface area contributed by atoms with Crippen LogP contribution in [-0.4, -0.2) is 24.5 Å². The summed E-state index contributed by atoms with van der Waals surface area (Å²) in [4.78, 5) is 5.78. The highest BCUT2D eigenvalue weighted by Crippen LogP contribution is 2.50. The molecule has 0 radical (unpaired) electrons. The second-order valence-corrected chi connectivity index (χ2v) is 9.12.